The minimum absolute atomic E-state index is 0.00550. The fourth-order valence-corrected chi connectivity index (χ4v) is 1.93. The average molecular weight is 285 g/mol. The quantitative estimate of drug-likeness (QED) is 0.881. The molecule has 0 fully saturated rings. The lowest BCUT2D eigenvalue weighted by atomic mass is 10.1. The van der Waals surface area contributed by atoms with E-state index in [0.29, 0.717) is 11.6 Å². The van der Waals surface area contributed by atoms with E-state index < -0.39 is 5.97 Å². The molecule has 1 atom stereocenters. The van der Waals surface area contributed by atoms with E-state index in [1.165, 1.54) is 6.07 Å². The highest BCUT2D eigenvalue weighted by Crippen LogP contribution is 2.22. The summed E-state index contributed by atoms with van der Waals surface area (Å²) < 4.78 is 0. The van der Waals surface area contributed by atoms with Gasteiger partial charge in [0.25, 0.3) is 0 Å². The van der Waals surface area contributed by atoms with E-state index in [1.54, 1.807) is 0 Å². The highest BCUT2D eigenvalue weighted by atomic mass is 16.4. The number of aromatic nitrogens is 2. The molecule has 1 heterocycles. The molecule has 5 heteroatoms. The van der Waals surface area contributed by atoms with Crippen LogP contribution in [0, 0.1) is 6.92 Å². The van der Waals surface area contributed by atoms with Crippen molar-refractivity contribution in [2.75, 3.05) is 5.32 Å². The molecular formula is C16H19N3O2. The van der Waals surface area contributed by atoms with E-state index in [9.17, 15) is 9.90 Å². The van der Waals surface area contributed by atoms with Crippen LogP contribution in [0.5, 0.6) is 0 Å². The van der Waals surface area contributed by atoms with E-state index in [4.69, 9.17) is 0 Å². The summed E-state index contributed by atoms with van der Waals surface area (Å²) in [4.78, 5) is 19.9. The molecule has 1 aromatic heterocycles. The smallest absolute Gasteiger partial charge is 0.354 e. The maximum absolute atomic E-state index is 11.3. The van der Waals surface area contributed by atoms with Gasteiger partial charge in [-0.1, -0.05) is 31.2 Å². The summed E-state index contributed by atoms with van der Waals surface area (Å²) in [6.45, 7) is 6.03. The first-order chi connectivity index (χ1) is 10.0. The number of carboxylic acids is 1. The summed E-state index contributed by atoms with van der Waals surface area (Å²) in [5.41, 5.74) is 1.84. The van der Waals surface area contributed by atoms with E-state index >= 15 is 0 Å². The van der Waals surface area contributed by atoms with Crippen molar-refractivity contribution in [2.24, 2.45) is 0 Å². The lowest BCUT2D eigenvalue weighted by Crippen LogP contribution is -2.16. The monoisotopic (exact) mass is 285 g/mol. The normalized spacial score (nSPS) is 12.0. The van der Waals surface area contributed by atoms with Gasteiger partial charge in [-0.05, 0) is 25.8 Å². The van der Waals surface area contributed by atoms with Crippen LogP contribution in [-0.2, 0) is 0 Å². The molecule has 0 aliphatic heterocycles. The molecule has 110 valence electrons. The Kier molecular flexibility index (Phi) is 4.52. The summed E-state index contributed by atoms with van der Waals surface area (Å²) in [6, 6.07) is 9.35. The van der Waals surface area contributed by atoms with Crippen LogP contribution < -0.4 is 5.32 Å². The number of benzene rings is 1. The van der Waals surface area contributed by atoms with Crippen LogP contribution in [0.1, 0.15) is 36.3 Å². The van der Waals surface area contributed by atoms with Gasteiger partial charge in [-0.15, -0.1) is 0 Å². The average Bonchev–Trinajstić information content (AvgIpc) is 2.47. The number of nitrogens with zero attached hydrogens (tertiary/aromatic N) is 2. The summed E-state index contributed by atoms with van der Waals surface area (Å²) in [5.74, 6) is -0.0896. The Morgan fingerprint density at radius 3 is 2.67 bits per heavy atom. The second-order valence-electron chi connectivity index (χ2n) is 5.04. The Morgan fingerprint density at radius 1 is 1.33 bits per heavy atom. The molecule has 21 heavy (non-hydrogen) atoms. The minimum atomic E-state index is -1.06. The molecule has 2 aromatic rings. The zero-order chi connectivity index (χ0) is 15.4. The molecule has 2 rings (SSSR count). The Labute approximate surface area is 124 Å². The van der Waals surface area contributed by atoms with Crippen molar-refractivity contribution in [3.63, 3.8) is 0 Å². The fourth-order valence-electron chi connectivity index (χ4n) is 1.93. The Hall–Kier alpha value is -2.43. The zero-order valence-electron chi connectivity index (χ0n) is 12.4. The van der Waals surface area contributed by atoms with Crippen molar-refractivity contribution < 1.29 is 9.90 Å². The molecule has 0 saturated heterocycles. The maximum atomic E-state index is 11.3. The molecule has 0 spiro atoms. The van der Waals surface area contributed by atoms with Crippen LogP contribution in [0.3, 0.4) is 0 Å². The number of hydrogen-bond acceptors (Lipinski definition) is 4. The van der Waals surface area contributed by atoms with Crippen LogP contribution in [0.2, 0.25) is 0 Å². The van der Waals surface area contributed by atoms with Crippen LogP contribution in [0.25, 0.3) is 11.4 Å². The van der Waals surface area contributed by atoms with Crippen molar-refractivity contribution in [1.29, 1.82) is 0 Å². The Morgan fingerprint density at radius 2 is 2.05 bits per heavy atom. The first-order valence-electron chi connectivity index (χ1n) is 6.96. The molecule has 0 radical (unpaired) electrons. The van der Waals surface area contributed by atoms with Crippen molar-refractivity contribution in [2.45, 2.75) is 33.2 Å². The van der Waals surface area contributed by atoms with Crippen LogP contribution in [-0.4, -0.2) is 27.1 Å². The van der Waals surface area contributed by atoms with E-state index in [-0.39, 0.29) is 11.7 Å². The van der Waals surface area contributed by atoms with E-state index in [0.717, 1.165) is 17.5 Å². The van der Waals surface area contributed by atoms with Gasteiger partial charge in [0, 0.05) is 17.7 Å². The second kappa shape index (κ2) is 6.35. The largest absolute Gasteiger partial charge is 0.477 e. The van der Waals surface area contributed by atoms with Crippen molar-refractivity contribution in [3.8, 4) is 11.4 Å². The van der Waals surface area contributed by atoms with Crippen molar-refractivity contribution in [3.05, 3.63) is 41.6 Å². The Bertz CT molecular complexity index is 656. The summed E-state index contributed by atoms with van der Waals surface area (Å²) in [5, 5.41) is 12.4. The fraction of sp³-hybridized carbons (Fsp3) is 0.312. The van der Waals surface area contributed by atoms with Crippen LogP contribution >= 0.6 is 0 Å². The number of carbonyl (C=O) groups is 1. The predicted molar refractivity (Wildman–Crippen MR) is 82.5 cm³/mol. The Balaban J connectivity index is 2.50. The first-order valence-corrected chi connectivity index (χ1v) is 6.96. The summed E-state index contributed by atoms with van der Waals surface area (Å²) in [7, 11) is 0. The van der Waals surface area contributed by atoms with Gasteiger partial charge >= 0.3 is 5.97 Å². The molecule has 1 aromatic carbocycles. The molecule has 0 amide bonds. The third kappa shape index (κ3) is 3.56. The van der Waals surface area contributed by atoms with Gasteiger partial charge < -0.3 is 10.4 Å². The number of anilines is 1. The highest BCUT2D eigenvalue weighted by Gasteiger charge is 2.13. The third-order valence-corrected chi connectivity index (χ3v) is 3.34. The number of hydrogen-bond donors (Lipinski definition) is 2. The van der Waals surface area contributed by atoms with Gasteiger partial charge in [0.05, 0.1) is 0 Å². The van der Waals surface area contributed by atoms with Gasteiger partial charge in [0.1, 0.15) is 5.82 Å². The molecule has 0 bridgehead atoms. The molecule has 1 unspecified atom stereocenters. The second-order valence-corrected chi connectivity index (χ2v) is 5.04. The highest BCUT2D eigenvalue weighted by molar-refractivity contribution is 5.87. The molecular weight excluding hydrogens is 266 g/mol. The summed E-state index contributed by atoms with van der Waals surface area (Å²) >= 11 is 0. The molecule has 0 aliphatic rings. The van der Waals surface area contributed by atoms with Crippen LogP contribution in [0.4, 0.5) is 5.82 Å². The van der Waals surface area contributed by atoms with Crippen molar-refractivity contribution >= 4 is 11.8 Å². The lowest BCUT2D eigenvalue weighted by Gasteiger charge is -2.14. The van der Waals surface area contributed by atoms with Gasteiger partial charge in [-0.2, -0.15) is 0 Å². The standard InChI is InChI=1S/C16H19N3O2/c1-4-11(3)17-14-9-13(16(20)21)18-15(19-14)12-8-6-5-7-10(12)2/h5-9,11H,4H2,1-3H3,(H,20,21)(H,17,18,19). The van der Waals surface area contributed by atoms with E-state index in [1.807, 2.05) is 38.1 Å². The number of rotatable bonds is 5. The molecule has 2 N–H and O–H groups in total. The zero-order valence-corrected chi connectivity index (χ0v) is 12.4. The number of aromatic carboxylic acids is 1. The van der Waals surface area contributed by atoms with Crippen LogP contribution in [0.15, 0.2) is 30.3 Å². The van der Waals surface area contributed by atoms with E-state index in [2.05, 4.69) is 22.2 Å². The molecule has 5 nitrogen and oxygen atoms in total. The maximum Gasteiger partial charge on any atom is 0.354 e. The topological polar surface area (TPSA) is 75.1 Å². The molecule has 0 aliphatic carbocycles. The molecule has 0 saturated carbocycles. The van der Waals surface area contributed by atoms with Gasteiger partial charge in [0.15, 0.2) is 11.5 Å². The number of nitrogens with one attached hydrogen (secondary N) is 1. The predicted octanol–water partition coefficient (Wildman–Crippen LogP) is 3.36. The van der Waals surface area contributed by atoms with Gasteiger partial charge in [-0.3, -0.25) is 0 Å². The number of carboxylic acid groups (broad SMARTS) is 1. The first kappa shape index (κ1) is 15.0. The third-order valence-electron chi connectivity index (χ3n) is 3.34. The lowest BCUT2D eigenvalue weighted by molar-refractivity contribution is 0.0690. The SMILES string of the molecule is CCC(C)Nc1cc(C(=O)O)nc(-c2ccccc2C)n1. The van der Waals surface area contributed by atoms with Crippen molar-refractivity contribution in [1.82, 2.24) is 9.97 Å². The van der Waals surface area contributed by atoms with Gasteiger partial charge in [-0.25, -0.2) is 14.8 Å². The summed E-state index contributed by atoms with van der Waals surface area (Å²) in [6.07, 6.45) is 0.923. The van der Waals surface area contributed by atoms with Gasteiger partial charge in [0.2, 0.25) is 0 Å². The minimum Gasteiger partial charge on any atom is -0.477 e. The number of aryl methyl sites for hydroxylation is 1.